The SMILES string of the molecule is CC12C=CC(/C=C\C3=C(C/C=C\1)CCC1CCCC=C31)C2. The molecule has 2 bridgehead atoms. The normalized spacial score (nSPS) is 41.1. The molecule has 0 fully saturated rings. The van der Waals surface area contributed by atoms with Crippen molar-refractivity contribution in [1.82, 2.24) is 0 Å². The van der Waals surface area contributed by atoms with Crippen LogP contribution in [0.3, 0.4) is 0 Å². The molecule has 4 aliphatic rings. The van der Waals surface area contributed by atoms with Crippen molar-refractivity contribution in [3.05, 3.63) is 59.3 Å². The van der Waals surface area contributed by atoms with E-state index in [9.17, 15) is 0 Å². The molecule has 3 atom stereocenters. The third kappa shape index (κ3) is 2.50. The van der Waals surface area contributed by atoms with Crippen LogP contribution in [0.1, 0.15) is 51.9 Å². The van der Waals surface area contributed by atoms with Crippen molar-refractivity contribution in [1.29, 1.82) is 0 Å². The van der Waals surface area contributed by atoms with Crippen molar-refractivity contribution in [3.63, 3.8) is 0 Å². The van der Waals surface area contributed by atoms with Gasteiger partial charge in [0.2, 0.25) is 0 Å². The Balaban J connectivity index is 1.74. The Morgan fingerprint density at radius 3 is 3.05 bits per heavy atom. The van der Waals surface area contributed by atoms with Gasteiger partial charge in [-0.1, -0.05) is 55.0 Å². The summed E-state index contributed by atoms with van der Waals surface area (Å²) in [4.78, 5) is 0. The van der Waals surface area contributed by atoms with Gasteiger partial charge in [0.1, 0.15) is 0 Å². The summed E-state index contributed by atoms with van der Waals surface area (Å²) in [5.41, 5.74) is 5.24. The van der Waals surface area contributed by atoms with Gasteiger partial charge in [-0.15, -0.1) is 0 Å². The molecule has 21 heavy (non-hydrogen) atoms. The average molecular weight is 278 g/mol. The minimum absolute atomic E-state index is 0.286. The maximum atomic E-state index is 2.54. The van der Waals surface area contributed by atoms with E-state index < -0.39 is 0 Å². The molecule has 0 spiro atoms. The summed E-state index contributed by atoms with van der Waals surface area (Å²) in [7, 11) is 0. The Hall–Kier alpha value is -1.30. The molecular weight excluding hydrogens is 252 g/mol. The molecule has 0 radical (unpaired) electrons. The fourth-order valence-corrected chi connectivity index (χ4v) is 4.62. The largest absolute Gasteiger partial charge is 0.0836 e. The molecule has 0 amide bonds. The highest BCUT2D eigenvalue weighted by molar-refractivity contribution is 5.49. The third-order valence-corrected chi connectivity index (χ3v) is 5.82. The zero-order valence-corrected chi connectivity index (χ0v) is 13.1. The van der Waals surface area contributed by atoms with Crippen LogP contribution in [0, 0.1) is 17.3 Å². The first-order chi connectivity index (χ1) is 10.2. The van der Waals surface area contributed by atoms with E-state index in [2.05, 4.69) is 49.5 Å². The van der Waals surface area contributed by atoms with Crippen LogP contribution in [0.2, 0.25) is 0 Å². The third-order valence-electron chi connectivity index (χ3n) is 5.82. The molecule has 0 heteroatoms. The highest BCUT2D eigenvalue weighted by Crippen LogP contribution is 2.44. The van der Waals surface area contributed by atoms with Gasteiger partial charge in [-0.05, 0) is 67.9 Å². The summed E-state index contributed by atoms with van der Waals surface area (Å²) in [6.07, 6.45) is 26.3. The van der Waals surface area contributed by atoms with Gasteiger partial charge in [0, 0.05) is 5.41 Å². The molecular formula is C21H26. The van der Waals surface area contributed by atoms with Gasteiger partial charge in [-0.2, -0.15) is 0 Å². The minimum Gasteiger partial charge on any atom is -0.0836 e. The Kier molecular flexibility index (Phi) is 3.28. The molecule has 110 valence electrons. The highest BCUT2D eigenvalue weighted by atomic mass is 14.3. The lowest BCUT2D eigenvalue weighted by molar-refractivity contribution is 0.464. The Bertz CT molecular complexity index is 581. The van der Waals surface area contributed by atoms with Crippen molar-refractivity contribution in [3.8, 4) is 0 Å². The van der Waals surface area contributed by atoms with Crippen LogP contribution < -0.4 is 0 Å². The van der Waals surface area contributed by atoms with E-state index in [1.165, 1.54) is 38.5 Å². The van der Waals surface area contributed by atoms with Crippen LogP contribution in [0.15, 0.2) is 59.3 Å². The van der Waals surface area contributed by atoms with Crippen molar-refractivity contribution in [2.24, 2.45) is 17.3 Å². The van der Waals surface area contributed by atoms with Crippen LogP contribution >= 0.6 is 0 Å². The lowest BCUT2D eigenvalue weighted by Gasteiger charge is -2.32. The number of fused-ring (bicyclic) bond motifs is 4. The quantitative estimate of drug-likeness (QED) is 0.484. The van der Waals surface area contributed by atoms with Gasteiger partial charge in [-0.25, -0.2) is 0 Å². The molecule has 0 saturated carbocycles. The monoisotopic (exact) mass is 278 g/mol. The van der Waals surface area contributed by atoms with Gasteiger partial charge < -0.3 is 0 Å². The fraction of sp³-hybridized carbons (Fsp3) is 0.524. The van der Waals surface area contributed by atoms with E-state index in [0.717, 1.165) is 12.3 Å². The molecule has 0 nitrogen and oxygen atoms in total. The van der Waals surface area contributed by atoms with E-state index in [4.69, 9.17) is 0 Å². The summed E-state index contributed by atoms with van der Waals surface area (Å²) >= 11 is 0. The van der Waals surface area contributed by atoms with E-state index in [1.54, 1.807) is 16.7 Å². The first-order valence-electron chi connectivity index (χ1n) is 8.71. The van der Waals surface area contributed by atoms with Gasteiger partial charge in [0.05, 0.1) is 0 Å². The van der Waals surface area contributed by atoms with Gasteiger partial charge in [-0.3, -0.25) is 0 Å². The van der Waals surface area contributed by atoms with Crippen LogP contribution in [0.5, 0.6) is 0 Å². The second kappa shape index (κ2) is 5.16. The zero-order chi connectivity index (χ0) is 14.3. The van der Waals surface area contributed by atoms with Crippen molar-refractivity contribution in [2.45, 2.75) is 51.9 Å². The molecule has 4 aliphatic carbocycles. The Labute approximate surface area is 129 Å². The van der Waals surface area contributed by atoms with Crippen LogP contribution in [-0.4, -0.2) is 0 Å². The smallest absolute Gasteiger partial charge is 0.00416 e. The molecule has 0 aromatic rings. The van der Waals surface area contributed by atoms with E-state index in [-0.39, 0.29) is 5.41 Å². The maximum Gasteiger partial charge on any atom is 0.00416 e. The van der Waals surface area contributed by atoms with Crippen molar-refractivity contribution < 1.29 is 0 Å². The van der Waals surface area contributed by atoms with E-state index in [0.29, 0.717) is 5.92 Å². The summed E-state index contributed by atoms with van der Waals surface area (Å²) < 4.78 is 0. The lowest BCUT2D eigenvalue weighted by Crippen LogP contribution is -2.17. The predicted molar refractivity (Wildman–Crippen MR) is 89.9 cm³/mol. The van der Waals surface area contributed by atoms with E-state index in [1.807, 2.05) is 0 Å². The zero-order valence-electron chi connectivity index (χ0n) is 13.1. The summed E-state index contributed by atoms with van der Waals surface area (Å²) in [6, 6.07) is 0. The van der Waals surface area contributed by atoms with Gasteiger partial charge >= 0.3 is 0 Å². The minimum atomic E-state index is 0.286. The lowest BCUT2D eigenvalue weighted by atomic mass is 9.73. The molecule has 0 heterocycles. The standard InChI is InChI=1S/C21H26/c1-21-13-4-6-18-10-9-17-5-2-3-7-19(17)20(18)11-8-16(15-21)12-14-21/h4,7-8,11-14,16-17H,2-3,5-6,9-10,15H2,1H3/b11-8-,13-4-. The van der Waals surface area contributed by atoms with Crippen LogP contribution in [0.4, 0.5) is 0 Å². The number of hydrogen-bond acceptors (Lipinski definition) is 0. The molecule has 0 saturated heterocycles. The first-order valence-corrected chi connectivity index (χ1v) is 8.71. The summed E-state index contributed by atoms with van der Waals surface area (Å²) in [6.45, 7) is 2.37. The molecule has 3 unspecified atom stereocenters. The average Bonchev–Trinajstić information content (AvgIpc) is 2.86. The highest BCUT2D eigenvalue weighted by Gasteiger charge is 2.29. The summed E-state index contributed by atoms with van der Waals surface area (Å²) in [5.74, 6) is 1.47. The van der Waals surface area contributed by atoms with Crippen LogP contribution in [0.25, 0.3) is 0 Å². The summed E-state index contributed by atoms with van der Waals surface area (Å²) in [5, 5.41) is 0. The topological polar surface area (TPSA) is 0 Å². The Morgan fingerprint density at radius 1 is 1.14 bits per heavy atom. The second-order valence-electron chi connectivity index (χ2n) is 7.54. The molecule has 0 aromatic heterocycles. The molecule has 0 aromatic carbocycles. The molecule has 0 aliphatic heterocycles. The predicted octanol–water partition coefficient (Wildman–Crippen LogP) is 5.90. The number of hydrogen-bond donors (Lipinski definition) is 0. The van der Waals surface area contributed by atoms with Crippen molar-refractivity contribution in [2.75, 3.05) is 0 Å². The van der Waals surface area contributed by atoms with Crippen molar-refractivity contribution >= 4 is 0 Å². The molecule has 0 N–H and O–H groups in total. The van der Waals surface area contributed by atoms with Gasteiger partial charge in [0.15, 0.2) is 0 Å². The van der Waals surface area contributed by atoms with Gasteiger partial charge in [0.25, 0.3) is 0 Å². The number of rotatable bonds is 0. The Morgan fingerprint density at radius 2 is 2.10 bits per heavy atom. The fourth-order valence-electron chi connectivity index (χ4n) is 4.62. The second-order valence-corrected chi connectivity index (χ2v) is 7.54. The van der Waals surface area contributed by atoms with Crippen LogP contribution in [-0.2, 0) is 0 Å². The first kappa shape index (κ1) is 13.4. The maximum absolute atomic E-state index is 2.54. The van der Waals surface area contributed by atoms with E-state index >= 15 is 0 Å². The number of allylic oxidation sites excluding steroid dienone is 10. The molecule has 4 rings (SSSR count).